The Labute approximate surface area is 89.3 Å². The van der Waals surface area contributed by atoms with Gasteiger partial charge in [0.05, 0.1) is 11.9 Å². The minimum absolute atomic E-state index is 0.202. The normalized spacial score (nSPS) is 10.5. The maximum absolute atomic E-state index is 10.9. The number of aryl methyl sites for hydroxylation is 1. The molecule has 0 saturated heterocycles. The Kier molecular flexibility index (Phi) is 3.24. The molecule has 0 atom stereocenters. The molecule has 0 aliphatic heterocycles. The summed E-state index contributed by atoms with van der Waals surface area (Å²) in [6.45, 7) is 5.93. The lowest BCUT2D eigenvalue weighted by molar-refractivity contribution is 0.0995. The Morgan fingerprint density at radius 2 is 2.13 bits per heavy atom. The van der Waals surface area contributed by atoms with Gasteiger partial charge in [-0.2, -0.15) is 0 Å². The minimum atomic E-state index is -0.552. The van der Waals surface area contributed by atoms with Gasteiger partial charge in [0, 0.05) is 13.1 Å². The van der Waals surface area contributed by atoms with Crippen LogP contribution in [-0.2, 0) is 0 Å². The Bertz CT molecular complexity index is 376. The van der Waals surface area contributed by atoms with Crippen LogP contribution in [0.2, 0.25) is 0 Å². The lowest BCUT2D eigenvalue weighted by Crippen LogP contribution is -2.28. The second-order valence-electron chi connectivity index (χ2n) is 3.73. The highest BCUT2D eigenvalue weighted by Gasteiger charge is 2.12. The molecular formula is C10H16N4O. The van der Waals surface area contributed by atoms with Gasteiger partial charge >= 0.3 is 0 Å². The number of amides is 1. The molecule has 0 radical (unpaired) electrons. The van der Waals surface area contributed by atoms with Crippen LogP contribution in [0.4, 0.5) is 5.82 Å². The summed E-state index contributed by atoms with van der Waals surface area (Å²) < 4.78 is 0. The van der Waals surface area contributed by atoms with Crippen LogP contribution in [0.3, 0.4) is 0 Å². The molecule has 0 aromatic carbocycles. The van der Waals surface area contributed by atoms with Crippen molar-refractivity contribution in [1.29, 1.82) is 0 Å². The quantitative estimate of drug-likeness (QED) is 0.794. The molecule has 1 rings (SSSR count). The first-order valence-electron chi connectivity index (χ1n) is 4.79. The fourth-order valence-electron chi connectivity index (χ4n) is 1.18. The molecule has 15 heavy (non-hydrogen) atoms. The maximum atomic E-state index is 10.9. The monoisotopic (exact) mass is 208 g/mol. The highest BCUT2D eigenvalue weighted by molar-refractivity contribution is 5.90. The fourth-order valence-corrected chi connectivity index (χ4v) is 1.18. The summed E-state index contributed by atoms with van der Waals surface area (Å²) in [6, 6.07) is 0.331. The van der Waals surface area contributed by atoms with Crippen molar-refractivity contribution in [2.24, 2.45) is 5.73 Å². The molecule has 5 heteroatoms. The van der Waals surface area contributed by atoms with E-state index in [0.717, 1.165) is 5.82 Å². The molecular weight excluding hydrogens is 192 g/mol. The second kappa shape index (κ2) is 4.25. The largest absolute Gasteiger partial charge is 0.364 e. The highest BCUT2D eigenvalue weighted by atomic mass is 16.1. The molecule has 1 amide bonds. The van der Waals surface area contributed by atoms with E-state index >= 15 is 0 Å². The third kappa shape index (κ3) is 2.43. The molecule has 0 aliphatic carbocycles. The van der Waals surface area contributed by atoms with Crippen molar-refractivity contribution in [3.63, 3.8) is 0 Å². The SMILES string of the molecule is Cc1nc(C(N)=O)cnc1N(C)C(C)C. The zero-order chi connectivity index (χ0) is 11.6. The Morgan fingerprint density at radius 3 is 2.53 bits per heavy atom. The molecule has 5 nitrogen and oxygen atoms in total. The van der Waals surface area contributed by atoms with Gasteiger partial charge in [0.2, 0.25) is 0 Å². The van der Waals surface area contributed by atoms with Gasteiger partial charge in [-0.05, 0) is 20.8 Å². The van der Waals surface area contributed by atoms with Crippen molar-refractivity contribution in [2.45, 2.75) is 26.8 Å². The van der Waals surface area contributed by atoms with Gasteiger partial charge < -0.3 is 10.6 Å². The number of hydrogen-bond donors (Lipinski definition) is 1. The van der Waals surface area contributed by atoms with E-state index in [4.69, 9.17) is 5.73 Å². The Hall–Kier alpha value is -1.65. The summed E-state index contributed by atoms with van der Waals surface area (Å²) in [6.07, 6.45) is 1.41. The average molecular weight is 208 g/mol. The number of hydrogen-bond acceptors (Lipinski definition) is 4. The second-order valence-corrected chi connectivity index (χ2v) is 3.73. The average Bonchev–Trinajstić information content (AvgIpc) is 2.16. The van der Waals surface area contributed by atoms with Crippen LogP contribution in [0, 0.1) is 6.92 Å². The Morgan fingerprint density at radius 1 is 1.53 bits per heavy atom. The van der Waals surface area contributed by atoms with E-state index in [0.29, 0.717) is 11.7 Å². The van der Waals surface area contributed by atoms with E-state index in [-0.39, 0.29) is 5.69 Å². The van der Waals surface area contributed by atoms with E-state index < -0.39 is 5.91 Å². The van der Waals surface area contributed by atoms with Crippen LogP contribution in [0.1, 0.15) is 30.0 Å². The zero-order valence-electron chi connectivity index (χ0n) is 9.48. The first-order chi connectivity index (χ1) is 6.93. The van der Waals surface area contributed by atoms with Crippen LogP contribution < -0.4 is 10.6 Å². The third-order valence-electron chi connectivity index (χ3n) is 2.28. The number of nitrogens with two attached hydrogens (primary N) is 1. The van der Waals surface area contributed by atoms with E-state index in [2.05, 4.69) is 23.8 Å². The number of carbonyl (C=O) groups excluding carboxylic acids is 1. The predicted octanol–water partition coefficient (Wildman–Crippen LogP) is 0.729. The van der Waals surface area contributed by atoms with Crippen molar-refractivity contribution in [1.82, 2.24) is 9.97 Å². The molecule has 0 saturated carbocycles. The van der Waals surface area contributed by atoms with E-state index in [1.54, 1.807) is 0 Å². The molecule has 82 valence electrons. The fraction of sp³-hybridized carbons (Fsp3) is 0.500. The number of anilines is 1. The van der Waals surface area contributed by atoms with Crippen LogP contribution >= 0.6 is 0 Å². The van der Waals surface area contributed by atoms with E-state index in [9.17, 15) is 4.79 Å². The van der Waals surface area contributed by atoms with Gasteiger partial charge in [-0.15, -0.1) is 0 Å². The van der Waals surface area contributed by atoms with Crippen LogP contribution in [0.15, 0.2) is 6.20 Å². The molecule has 0 spiro atoms. The van der Waals surface area contributed by atoms with Crippen molar-refractivity contribution in [2.75, 3.05) is 11.9 Å². The smallest absolute Gasteiger partial charge is 0.268 e. The molecule has 0 unspecified atom stereocenters. The van der Waals surface area contributed by atoms with Crippen molar-refractivity contribution < 1.29 is 4.79 Å². The number of nitrogens with zero attached hydrogens (tertiary/aromatic N) is 3. The summed E-state index contributed by atoms with van der Waals surface area (Å²) >= 11 is 0. The lowest BCUT2D eigenvalue weighted by atomic mass is 10.3. The molecule has 0 fully saturated rings. The van der Waals surface area contributed by atoms with Crippen LogP contribution in [0.25, 0.3) is 0 Å². The van der Waals surface area contributed by atoms with Gasteiger partial charge in [-0.1, -0.05) is 0 Å². The number of aromatic nitrogens is 2. The van der Waals surface area contributed by atoms with Crippen LogP contribution in [-0.4, -0.2) is 29.0 Å². The molecule has 1 heterocycles. The third-order valence-corrected chi connectivity index (χ3v) is 2.28. The number of primary amides is 1. The number of carbonyl (C=O) groups is 1. The first-order valence-corrected chi connectivity index (χ1v) is 4.79. The topological polar surface area (TPSA) is 72.1 Å². The molecule has 0 aliphatic rings. The molecule has 0 bridgehead atoms. The minimum Gasteiger partial charge on any atom is -0.364 e. The Balaban J connectivity index is 3.08. The molecule has 1 aromatic rings. The summed E-state index contributed by atoms with van der Waals surface area (Å²) in [5, 5.41) is 0. The van der Waals surface area contributed by atoms with Gasteiger partial charge in [0.25, 0.3) is 5.91 Å². The highest BCUT2D eigenvalue weighted by Crippen LogP contribution is 2.15. The van der Waals surface area contributed by atoms with Gasteiger partial charge in [0.15, 0.2) is 0 Å². The zero-order valence-corrected chi connectivity index (χ0v) is 9.48. The standard InChI is InChI=1S/C10H16N4O/c1-6(2)14(4)10-7(3)13-8(5-12-10)9(11)15/h5-6H,1-4H3,(H2,11,15). The predicted molar refractivity (Wildman–Crippen MR) is 58.8 cm³/mol. The van der Waals surface area contributed by atoms with E-state index in [1.807, 2.05) is 18.9 Å². The summed E-state index contributed by atoms with van der Waals surface area (Å²) in [4.78, 5) is 21.1. The summed E-state index contributed by atoms with van der Waals surface area (Å²) in [5.74, 6) is 0.222. The maximum Gasteiger partial charge on any atom is 0.268 e. The van der Waals surface area contributed by atoms with E-state index in [1.165, 1.54) is 6.20 Å². The summed E-state index contributed by atoms with van der Waals surface area (Å²) in [5.41, 5.74) is 6.03. The first kappa shape index (κ1) is 11.4. The van der Waals surface area contributed by atoms with Crippen LogP contribution in [0.5, 0.6) is 0 Å². The van der Waals surface area contributed by atoms with Gasteiger partial charge in [-0.25, -0.2) is 9.97 Å². The van der Waals surface area contributed by atoms with Crippen molar-refractivity contribution >= 4 is 11.7 Å². The van der Waals surface area contributed by atoms with Crippen molar-refractivity contribution in [3.05, 3.63) is 17.6 Å². The van der Waals surface area contributed by atoms with Gasteiger partial charge in [-0.3, -0.25) is 4.79 Å². The lowest BCUT2D eigenvalue weighted by Gasteiger charge is -2.23. The molecule has 1 aromatic heterocycles. The van der Waals surface area contributed by atoms with Crippen molar-refractivity contribution in [3.8, 4) is 0 Å². The number of rotatable bonds is 3. The summed E-state index contributed by atoms with van der Waals surface area (Å²) in [7, 11) is 1.94. The molecule has 2 N–H and O–H groups in total. The van der Waals surface area contributed by atoms with Gasteiger partial charge in [0.1, 0.15) is 11.5 Å².